The van der Waals surface area contributed by atoms with E-state index < -0.39 is 0 Å². The minimum absolute atomic E-state index is 0.729. The van der Waals surface area contributed by atoms with Crippen LogP contribution in [0.3, 0.4) is 0 Å². The topological polar surface area (TPSA) is 53.8 Å². The zero-order valence-electron chi connectivity index (χ0n) is 9.09. The molecule has 0 aliphatic rings. The first-order valence-electron chi connectivity index (χ1n) is 5.47. The van der Waals surface area contributed by atoms with Gasteiger partial charge in [-0.3, -0.25) is 0 Å². The summed E-state index contributed by atoms with van der Waals surface area (Å²) in [6.45, 7) is 2.52. The van der Waals surface area contributed by atoms with Crippen LogP contribution >= 0.6 is 11.6 Å². The van der Waals surface area contributed by atoms with Gasteiger partial charge in [0, 0.05) is 28.7 Å². The minimum atomic E-state index is 0.729. The van der Waals surface area contributed by atoms with Gasteiger partial charge in [0.15, 0.2) is 0 Å². The summed E-state index contributed by atoms with van der Waals surface area (Å²) in [4.78, 5) is 3.23. The summed E-state index contributed by atoms with van der Waals surface area (Å²) in [6, 6.07) is 5.89. The van der Waals surface area contributed by atoms with Gasteiger partial charge >= 0.3 is 0 Å². The molecule has 0 fully saturated rings. The molecule has 1 heterocycles. The number of halogens is 1. The van der Waals surface area contributed by atoms with E-state index in [2.05, 4.69) is 10.3 Å². The number of aromatic nitrogens is 1. The number of H-pyrrole nitrogens is 1. The van der Waals surface area contributed by atoms with E-state index in [0.29, 0.717) is 0 Å². The molecule has 3 nitrogen and oxygen atoms in total. The second-order valence-electron chi connectivity index (χ2n) is 3.82. The Morgan fingerprint density at radius 1 is 1.38 bits per heavy atom. The Hall–Kier alpha value is -1.03. The molecule has 1 aromatic heterocycles. The lowest BCUT2D eigenvalue weighted by Crippen LogP contribution is -2.17. The highest BCUT2D eigenvalue weighted by Crippen LogP contribution is 2.22. The normalized spacial score (nSPS) is 11.1. The van der Waals surface area contributed by atoms with E-state index in [1.807, 2.05) is 24.4 Å². The molecule has 0 saturated carbocycles. The van der Waals surface area contributed by atoms with Gasteiger partial charge in [0.25, 0.3) is 0 Å². The molecule has 0 atom stereocenters. The van der Waals surface area contributed by atoms with E-state index in [4.69, 9.17) is 17.3 Å². The molecule has 2 aromatic rings. The maximum absolute atomic E-state index is 5.98. The first-order valence-corrected chi connectivity index (χ1v) is 5.85. The van der Waals surface area contributed by atoms with Crippen molar-refractivity contribution in [1.29, 1.82) is 0 Å². The first-order chi connectivity index (χ1) is 7.81. The largest absolute Gasteiger partial charge is 0.361 e. The number of benzene rings is 1. The standard InChI is InChI=1S/C12H16ClN3/c13-10-2-3-12-11(6-10)9(8-16-12)7-15-5-1-4-14/h2-3,6,8,15-16H,1,4-5,7,14H2. The number of hydrogen-bond donors (Lipinski definition) is 3. The Morgan fingerprint density at radius 3 is 3.06 bits per heavy atom. The van der Waals surface area contributed by atoms with Gasteiger partial charge in [-0.2, -0.15) is 0 Å². The molecule has 0 unspecified atom stereocenters. The predicted octanol–water partition coefficient (Wildman–Crippen LogP) is 2.26. The van der Waals surface area contributed by atoms with Crippen LogP contribution in [0.15, 0.2) is 24.4 Å². The van der Waals surface area contributed by atoms with E-state index >= 15 is 0 Å². The van der Waals surface area contributed by atoms with Crippen LogP contribution < -0.4 is 11.1 Å². The lowest BCUT2D eigenvalue weighted by molar-refractivity contribution is 0.657. The third kappa shape index (κ3) is 2.55. The summed E-state index contributed by atoms with van der Waals surface area (Å²) >= 11 is 5.98. The zero-order valence-corrected chi connectivity index (χ0v) is 9.85. The molecule has 0 radical (unpaired) electrons. The molecule has 16 heavy (non-hydrogen) atoms. The second-order valence-corrected chi connectivity index (χ2v) is 4.26. The van der Waals surface area contributed by atoms with Gasteiger partial charge in [0.05, 0.1) is 0 Å². The predicted molar refractivity (Wildman–Crippen MR) is 68.7 cm³/mol. The number of nitrogens with two attached hydrogens (primary N) is 1. The molecule has 0 amide bonds. The molecule has 0 aliphatic carbocycles. The second kappa shape index (κ2) is 5.34. The SMILES string of the molecule is NCCCNCc1c[nH]c2ccc(Cl)cc12. The van der Waals surface area contributed by atoms with Gasteiger partial charge < -0.3 is 16.0 Å². The third-order valence-corrected chi connectivity index (χ3v) is 2.84. The summed E-state index contributed by atoms with van der Waals surface area (Å²) in [5.41, 5.74) is 7.80. The van der Waals surface area contributed by atoms with Crippen molar-refractivity contribution in [1.82, 2.24) is 10.3 Å². The van der Waals surface area contributed by atoms with Crippen LogP contribution in [0, 0.1) is 0 Å². The monoisotopic (exact) mass is 237 g/mol. The summed E-state index contributed by atoms with van der Waals surface area (Å²) in [7, 11) is 0. The number of fused-ring (bicyclic) bond motifs is 1. The summed E-state index contributed by atoms with van der Waals surface area (Å²) < 4.78 is 0. The fourth-order valence-corrected chi connectivity index (χ4v) is 1.92. The third-order valence-electron chi connectivity index (χ3n) is 2.60. The van der Waals surface area contributed by atoms with Crippen LogP contribution in [0.25, 0.3) is 10.9 Å². The lowest BCUT2D eigenvalue weighted by atomic mass is 10.2. The average Bonchev–Trinajstić information content (AvgIpc) is 2.67. The Bertz CT molecular complexity index is 464. The van der Waals surface area contributed by atoms with Crippen LogP contribution in [0.1, 0.15) is 12.0 Å². The van der Waals surface area contributed by atoms with Gasteiger partial charge in [0.1, 0.15) is 0 Å². The smallest absolute Gasteiger partial charge is 0.0458 e. The highest BCUT2D eigenvalue weighted by atomic mass is 35.5. The van der Waals surface area contributed by atoms with E-state index in [1.165, 1.54) is 10.9 Å². The Morgan fingerprint density at radius 2 is 2.25 bits per heavy atom. The van der Waals surface area contributed by atoms with Crippen LogP contribution in [0.4, 0.5) is 0 Å². The van der Waals surface area contributed by atoms with Crippen molar-refractivity contribution in [2.24, 2.45) is 5.73 Å². The van der Waals surface area contributed by atoms with E-state index in [0.717, 1.165) is 36.6 Å². The molecule has 0 spiro atoms. The molecular formula is C12H16ClN3. The summed E-state index contributed by atoms with van der Waals surface area (Å²) in [5.74, 6) is 0. The Kier molecular flexibility index (Phi) is 3.83. The van der Waals surface area contributed by atoms with E-state index in [1.54, 1.807) is 0 Å². The van der Waals surface area contributed by atoms with Crippen molar-refractivity contribution >= 4 is 22.5 Å². The van der Waals surface area contributed by atoms with Crippen molar-refractivity contribution in [3.63, 3.8) is 0 Å². The van der Waals surface area contributed by atoms with Gasteiger partial charge in [-0.05, 0) is 43.3 Å². The Balaban J connectivity index is 2.09. The van der Waals surface area contributed by atoms with Crippen molar-refractivity contribution < 1.29 is 0 Å². The van der Waals surface area contributed by atoms with E-state index in [-0.39, 0.29) is 0 Å². The van der Waals surface area contributed by atoms with Gasteiger partial charge in [-0.25, -0.2) is 0 Å². The van der Waals surface area contributed by atoms with Crippen molar-refractivity contribution in [3.05, 3.63) is 35.0 Å². The number of aromatic amines is 1. The maximum Gasteiger partial charge on any atom is 0.0458 e. The van der Waals surface area contributed by atoms with E-state index in [9.17, 15) is 0 Å². The Labute approximate surface area is 100.0 Å². The average molecular weight is 238 g/mol. The quantitative estimate of drug-likeness (QED) is 0.699. The van der Waals surface area contributed by atoms with Crippen LogP contribution in [0.5, 0.6) is 0 Å². The van der Waals surface area contributed by atoms with Crippen molar-refractivity contribution in [2.75, 3.05) is 13.1 Å². The summed E-state index contributed by atoms with van der Waals surface area (Å²) in [5, 5.41) is 5.32. The lowest BCUT2D eigenvalue weighted by Gasteiger charge is -2.02. The minimum Gasteiger partial charge on any atom is -0.361 e. The fraction of sp³-hybridized carbons (Fsp3) is 0.333. The van der Waals surface area contributed by atoms with Crippen molar-refractivity contribution in [3.8, 4) is 0 Å². The van der Waals surface area contributed by atoms with Gasteiger partial charge in [-0.1, -0.05) is 11.6 Å². The fourth-order valence-electron chi connectivity index (χ4n) is 1.75. The van der Waals surface area contributed by atoms with Crippen molar-refractivity contribution in [2.45, 2.75) is 13.0 Å². The molecule has 0 saturated heterocycles. The maximum atomic E-state index is 5.98. The molecule has 4 N–H and O–H groups in total. The highest BCUT2D eigenvalue weighted by Gasteiger charge is 2.03. The van der Waals surface area contributed by atoms with Gasteiger partial charge in [0.2, 0.25) is 0 Å². The van der Waals surface area contributed by atoms with Crippen LogP contribution in [0.2, 0.25) is 5.02 Å². The molecule has 4 heteroatoms. The highest BCUT2D eigenvalue weighted by molar-refractivity contribution is 6.31. The number of nitrogens with one attached hydrogen (secondary N) is 2. The first kappa shape index (κ1) is 11.5. The van der Waals surface area contributed by atoms with Crippen LogP contribution in [-0.2, 0) is 6.54 Å². The molecule has 0 bridgehead atoms. The zero-order chi connectivity index (χ0) is 11.4. The van der Waals surface area contributed by atoms with Crippen LogP contribution in [-0.4, -0.2) is 18.1 Å². The number of hydrogen-bond acceptors (Lipinski definition) is 2. The number of rotatable bonds is 5. The molecule has 1 aromatic carbocycles. The molecular weight excluding hydrogens is 222 g/mol. The molecule has 0 aliphatic heterocycles. The van der Waals surface area contributed by atoms with Gasteiger partial charge in [-0.15, -0.1) is 0 Å². The molecule has 2 rings (SSSR count). The summed E-state index contributed by atoms with van der Waals surface area (Å²) in [6.07, 6.45) is 3.03. The molecule has 86 valence electrons.